The van der Waals surface area contributed by atoms with Crippen LogP contribution < -0.4 is 9.04 Å². The minimum Gasteiger partial charge on any atom is -0.755 e. The Kier molecular flexibility index (Phi) is 8.26. The second-order valence-corrected chi connectivity index (χ2v) is 6.05. The van der Waals surface area contributed by atoms with E-state index in [-0.39, 0.29) is 5.92 Å². The molecule has 132 valence electrons. The highest BCUT2D eigenvalue weighted by molar-refractivity contribution is 7.80. The van der Waals surface area contributed by atoms with Crippen LogP contribution in [0.4, 0.5) is 5.69 Å². The number of carbonyl (C=O) groups excluding carboxylic acids is 1. The summed E-state index contributed by atoms with van der Waals surface area (Å²) in [5.74, 6) is -0.271. The average Bonchev–Trinajstić information content (AvgIpc) is 2.56. The Morgan fingerprint density at radius 1 is 1.38 bits per heavy atom. The van der Waals surface area contributed by atoms with Gasteiger partial charge < -0.3 is 14.0 Å². The largest absolute Gasteiger partial charge is 0.755 e. The first-order chi connectivity index (χ1) is 11.4. The highest BCUT2D eigenvalue weighted by atomic mass is 32.2. The van der Waals surface area contributed by atoms with Crippen LogP contribution in [0.25, 0.3) is 0 Å². The molecule has 24 heavy (non-hydrogen) atoms. The summed E-state index contributed by atoms with van der Waals surface area (Å²) >= 11 is -2.62. The SMILES string of the molecule is CC=C=CCOc1ccc(N(C(C(=O)OC)C(C)C)S(=O)[O-])cc1. The molecule has 1 aromatic carbocycles. The molecule has 2 atom stereocenters. The lowest BCUT2D eigenvalue weighted by atomic mass is 10.0. The molecule has 0 amide bonds. The summed E-state index contributed by atoms with van der Waals surface area (Å²) in [6.45, 7) is 5.73. The first-order valence-electron chi connectivity index (χ1n) is 7.47. The number of anilines is 1. The lowest BCUT2D eigenvalue weighted by Gasteiger charge is -2.35. The van der Waals surface area contributed by atoms with Gasteiger partial charge >= 0.3 is 5.97 Å². The van der Waals surface area contributed by atoms with Crippen molar-refractivity contribution in [2.45, 2.75) is 26.8 Å². The summed E-state index contributed by atoms with van der Waals surface area (Å²) in [5.41, 5.74) is 3.26. The van der Waals surface area contributed by atoms with Crippen LogP contribution in [0.15, 0.2) is 42.1 Å². The minimum atomic E-state index is -2.62. The van der Waals surface area contributed by atoms with Gasteiger partial charge in [0.25, 0.3) is 0 Å². The van der Waals surface area contributed by atoms with Crippen LogP contribution in [0, 0.1) is 5.92 Å². The van der Waals surface area contributed by atoms with Gasteiger partial charge in [-0.1, -0.05) is 13.8 Å². The lowest BCUT2D eigenvalue weighted by Crippen LogP contribution is -2.46. The van der Waals surface area contributed by atoms with E-state index in [2.05, 4.69) is 5.73 Å². The molecule has 0 radical (unpaired) electrons. The Balaban J connectivity index is 3.02. The van der Waals surface area contributed by atoms with E-state index in [0.29, 0.717) is 18.0 Å². The third-order valence-corrected chi connectivity index (χ3v) is 3.96. The summed E-state index contributed by atoms with van der Waals surface area (Å²) in [6, 6.07) is 5.53. The van der Waals surface area contributed by atoms with Gasteiger partial charge in [0.15, 0.2) is 0 Å². The summed E-state index contributed by atoms with van der Waals surface area (Å²) in [4.78, 5) is 12.0. The molecule has 0 fully saturated rings. The van der Waals surface area contributed by atoms with Crippen molar-refractivity contribution in [2.75, 3.05) is 18.0 Å². The maximum absolute atomic E-state index is 12.0. The molecule has 0 aliphatic rings. The summed E-state index contributed by atoms with van der Waals surface area (Å²) < 4.78 is 34.6. The first kappa shape index (κ1) is 20.0. The van der Waals surface area contributed by atoms with E-state index in [9.17, 15) is 13.6 Å². The normalized spacial score (nSPS) is 12.8. The van der Waals surface area contributed by atoms with E-state index in [1.54, 1.807) is 50.3 Å². The number of methoxy groups -OCH3 is 1. The Morgan fingerprint density at radius 2 is 2.00 bits per heavy atom. The standard InChI is InChI=1S/C17H23NO5S/c1-5-6-7-12-23-15-10-8-14(9-11-15)18(24(20)21)16(13(2)3)17(19)22-4/h5,7-11,13,16H,12H2,1-4H3,(H,20,21)/p-1. The number of carbonyl (C=O) groups is 1. The Hall–Kier alpha value is -2.08. The molecule has 0 heterocycles. The Labute approximate surface area is 145 Å². The zero-order valence-electron chi connectivity index (χ0n) is 14.2. The molecule has 0 aromatic heterocycles. The molecule has 1 aromatic rings. The van der Waals surface area contributed by atoms with Crippen molar-refractivity contribution >= 4 is 22.9 Å². The zero-order chi connectivity index (χ0) is 18.1. The van der Waals surface area contributed by atoms with Crippen molar-refractivity contribution in [1.29, 1.82) is 0 Å². The van der Waals surface area contributed by atoms with E-state index < -0.39 is 23.3 Å². The number of hydrogen-bond donors (Lipinski definition) is 0. The van der Waals surface area contributed by atoms with Gasteiger partial charge in [-0.2, -0.15) is 0 Å². The smallest absolute Gasteiger partial charge is 0.329 e. The molecule has 0 spiro atoms. The highest BCUT2D eigenvalue weighted by Crippen LogP contribution is 2.26. The van der Waals surface area contributed by atoms with Crippen molar-refractivity contribution in [2.24, 2.45) is 5.92 Å². The number of hydrogen-bond acceptors (Lipinski definition) is 5. The van der Waals surface area contributed by atoms with E-state index in [1.165, 1.54) is 7.11 Å². The quantitative estimate of drug-likeness (QED) is 0.408. The van der Waals surface area contributed by atoms with E-state index in [0.717, 1.165) is 4.31 Å². The fourth-order valence-electron chi connectivity index (χ4n) is 2.09. The monoisotopic (exact) mass is 352 g/mol. The summed E-state index contributed by atoms with van der Waals surface area (Å²) in [7, 11) is 1.23. The summed E-state index contributed by atoms with van der Waals surface area (Å²) in [5, 5.41) is 0. The molecule has 6 nitrogen and oxygen atoms in total. The first-order valence-corrected chi connectivity index (χ1v) is 8.50. The third kappa shape index (κ3) is 5.53. The maximum atomic E-state index is 12.0. The van der Waals surface area contributed by atoms with Crippen LogP contribution >= 0.6 is 0 Å². The number of esters is 1. The van der Waals surface area contributed by atoms with Crippen molar-refractivity contribution in [3.8, 4) is 5.75 Å². The van der Waals surface area contributed by atoms with E-state index in [1.807, 2.05) is 6.92 Å². The van der Waals surface area contributed by atoms with E-state index >= 15 is 0 Å². The molecule has 0 aliphatic carbocycles. The second kappa shape index (κ2) is 9.93. The van der Waals surface area contributed by atoms with Crippen molar-refractivity contribution in [1.82, 2.24) is 0 Å². The predicted molar refractivity (Wildman–Crippen MR) is 92.3 cm³/mol. The van der Waals surface area contributed by atoms with Crippen LogP contribution in [0.5, 0.6) is 5.75 Å². The van der Waals surface area contributed by atoms with Gasteiger partial charge in [-0.05, 0) is 49.3 Å². The molecular formula is C17H22NO5S-. The molecule has 0 bridgehead atoms. The van der Waals surface area contributed by atoms with Crippen LogP contribution in [-0.4, -0.2) is 34.5 Å². The molecule has 1 rings (SSSR count). The maximum Gasteiger partial charge on any atom is 0.329 e. The highest BCUT2D eigenvalue weighted by Gasteiger charge is 2.31. The van der Waals surface area contributed by atoms with Crippen LogP contribution in [-0.2, 0) is 20.8 Å². The summed E-state index contributed by atoms with van der Waals surface area (Å²) in [6.07, 6.45) is 3.51. The van der Waals surface area contributed by atoms with Crippen molar-refractivity contribution in [3.63, 3.8) is 0 Å². The molecule has 7 heteroatoms. The van der Waals surface area contributed by atoms with Crippen molar-refractivity contribution < 1.29 is 23.0 Å². The zero-order valence-corrected chi connectivity index (χ0v) is 15.0. The van der Waals surface area contributed by atoms with Gasteiger partial charge in [-0.3, -0.25) is 8.51 Å². The number of benzene rings is 1. The van der Waals surface area contributed by atoms with Gasteiger partial charge in [-0.25, -0.2) is 4.79 Å². The fourth-order valence-corrected chi connectivity index (χ4v) is 2.90. The molecule has 0 saturated carbocycles. The molecular weight excluding hydrogens is 330 g/mol. The van der Waals surface area contributed by atoms with E-state index in [4.69, 9.17) is 9.47 Å². The molecule has 0 N–H and O–H groups in total. The van der Waals surface area contributed by atoms with Gasteiger partial charge in [0.2, 0.25) is 0 Å². The lowest BCUT2D eigenvalue weighted by molar-refractivity contribution is -0.142. The third-order valence-electron chi connectivity index (χ3n) is 3.20. The van der Waals surface area contributed by atoms with Gasteiger partial charge in [0.1, 0.15) is 18.4 Å². The topological polar surface area (TPSA) is 78.9 Å². The van der Waals surface area contributed by atoms with Crippen LogP contribution in [0.3, 0.4) is 0 Å². The van der Waals surface area contributed by atoms with Crippen LogP contribution in [0.1, 0.15) is 20.8 Å². The number of ether oxygens (including phenoxy) is 2. The van der Waals surface area contributed by atoms with Gasteiger partial charge in [0, 0.05) is 17.0 Å². The number of nitrogens with zero attached hydrogens (tertiary/aromatic N) is 1. The average molecular weight is 352 g/mol. The molecule has 0 saturated heterocycles. The Morgan fingerprint density at radius 3 is 2.46 bits per heavy atom. The van der Waals surface area contributed by atoms with Crippen molar-refractivity contribution in [3.05, 3.63) is 42.1 Å². The molecule has 0 aliphatic heterocycles. The molecule has 2 unspecified atom stereocenters. The van der Waals surface area contributed by atoms with Crippen LogP contribution in [0.2, 0.25) is 0 Å². The fraction of sp³-hybridized carbons (Fsp3) is 0.412. The minimum absolute atomic E-state index is 0.253. The van der Waals surface area contributed by atoms with Gasteiger partial charge in [0.05, 0.1) is 7.11 Å². The van der Waals surface area contributed by atoms with Gasteiger partial charge in [-0.15, -0.1) is 5.73 Å². The number of rotatable bonds is 8. The predicted octanol–water partition coefficient (Wildman–Crippen LogP) is 2.59. The second-order valence-electron chi connectivity index (χ2n) is 5.22. The Bertz CT molecular complexity index is 620.